The summed E-state index contributed by atoms with van der Waals surface area (Å²) in [5, 5.41) is 18.7. The first kappa shape index (κ1) is 22.0. The molecule has 9 heteroatoms. The minimum absolute atomic E-state index is 0.0438. The average Bonchev–Trinajstić information content (AvgIpc) is 2.98. The van der Waals surface area contributed by atoms with Crippen molar-refractivity contribution in [1.29, 1.82) is 0 Å². The Morgan fingerprint density at radius 1 is 1.19 bits per heavy atom. The van der Waals surface area contributed by atoms with Gasteiger partial charge in [-0.2, -0.15) is 4.98 Å². The van der Waals surface area contributed by atoms with Crippen LogP contribution in [0.1, 0.15) is 71.8 Å². The number of ketones is 1. The van der Waals surface area contributed by atoms with Crippen LogP contribution in [0.25, 0.3) is 0 Å². The molecule has 1 heterocycles. The summed E-state index contributed by atoms with van der Waals surface area (Å²) >= 11 is 0. The number of urea groups is 1. The van der Waals surface area contributed by atoms with Crippen molar-refractivity contribution in [2.24, 2.45) is 17.6 Å². The lowest BCUT2D eigenvalue weighted by molar-refractivity contribution is -0.120. The molecule has 0 aliphatic heterocycles. The van der Waals surface area contributed by atoms with Gasteiger partial charge in [0.25, 0.3) is 0 Å². The summed E-state index contributed by atoms with van der Waals surface area (Å²) in [5.41, 5.74) is 6.07. The summed E-state index contributed by atoms with van der Waals surface area (Å²) in [6.45, 7) is 10.6. The molecule has 0 bridgehead atoms. The molecule has 0 fully saturated rings. The van der Waals surface area contributed by atoms with Crippen LogP contribution in [0.2, 0.25) is 0 Å². The Morgan fingerprint density at radius 3 is 2.27 bits per heavy atom. The van der Waals surface area contributed by atoms with E-state index in [4.69, 9.17) is 10.3 Å². The highest BCUT2D eigenvalue weighted by molar-refractivity contribution is 5.87. The van der Waals surface area contributed by atoms with E-state index in [0.717, 1.165) is 0 Å². The van der Waals surface area contributed by atoms with Crippen LogP contribution in [-0.4, -0.2) is 39.2 Å². The first-order chi connectivity index (χ1) is 12.0. The standard InChI is InChI=1S/C17H31N5O4/c1-8(2)7-12(18)15-21-16(26-22-15)13(9(3)4)19-17(25)20-14(10(5)23)11(6)24/h8-10,12-14,23H,7,18H2,1-6H3,(H2,19,20,25)/t10?,12-,13-,14-/m0/s1. The Morgan fingerprint density at radius 2 is 1.81 bits per heavy atom. The number of nitrogens with one attached hydrogen (secondary N) is 2. The van der Waals surface area contributed by atoms with Crippen molar-refractivity contribution in [2.75, 3.05) is 0 Å². The molecule has 26 heavy (non-hydrogen) atoms. The summed E-state index contributed by atoms with van der Waals surface area (Å²) < 4.78 is 5.29. The Bertz CT molecular complexity index is 600. The number of hydrogen-bond acceptors (Lipinski definition) is 7. The number of nitrogens with two attached hydrogens (primary N) is 1. The second-order valence-corrected chi connectivity index (χ2v) is 7.40. The molecular formula is C17H31N5O4. The maximum atomic E-state index is 12.2. The van der Waals surface area contributed by atoms with Gasteiger partial charge in [0.05, 0.1) is 12.1 Å². The molecule has 0 spiro atoms. The van der Waals surface area contributed by atoms with E-state index >= 15 is 0 Å². The normalized spacial score (nSPS) is 16.2. The van der Waals surface area contributed by atoms with Gasteiger partial charge in [-0.3, -0.25) is 4.79 Å². The molecule has 1 aromatic heterocycles. The highest BCUT2D eigenvalue weighted by Gasteiger charge is 2.28. The van der Waals surface area contributed by atoms with Crippen LogP contribution < -0.4 is 16.4 Å². The molecule has 4 atom stereocenters. The Kier molecular flexibility index (Phi) is 8.16. The minimum atomic E-state index is -1.00. The van der Waals surface area contributed by atoms with Gasteiger partial charge >= 0.3 is 6.03 Å². The van der Waals surface area contributed by atoms with E-state index in [1.54, 1.807) is 0 Å². The molecule has 148 valence electrons. The van der Waals surface area contributed by atoms with Crippen LogP contribution in [0.15, 0.2) is 4.52 Å². The molecule has 1 aromatic rings. The fourth-order valence-corrected chi connectivity index (χ4v) is 2.54. The summed E-state index contributed by atoms with van der Waals surface area (Å²) in [7, 11) is 0. The molecule has 0 aliphatic rings. The second kappa shape index (κ2) is 9.63. The van der Waals surface area contributed by atoms with Crippen LogP contribution in [0, 0.1) is 11.8 Å². The van der Waals surface area contributed by atoms with Crippen LogP contribution >= 0.6 is 0 Å². The summed E-state index contributed by atoms with van der Waals surface area (Å²) in [4.78, 5) is 28.1. The molecule has 1 rings (SSSR count). The number of aliphatic hydroxyl groups is 1. The van der Waals surface area contributed by atoms with E-state index in [0.29, 0.717) is 18.2 Å². The molecule has 5 N–H and O–H groups in total. The van der Waals surface area contributed by atoms with Gasteiger partial charge in [0.2, 0.25) is 5.89 Å². The fourth-order valence-electron chi connectivity index (χ4n) is 2.54. The second-order valence-electron chi connectivity index (χ2n) is 7.40. The largest absolute Gasteiger partial charge is 0.391 e. The smallest absolute Gasteiger partial charge is 0.316 e. The van der Waals surface area contributed by atoms with Crippen LogP contribution in [0.4, 0.5) is 4.79 Å². The van der Waals surface area contributed by atoms with Crippen molar-refractivity contribution < 1.29 is 19.2 Å². The first-order valence-electron chi connectivity index (χ1n) is 8.87. The van der Waals surface area contributed by atoms with Crippen LogP contribution in [-0.2, 0) is 4.79 Å². The predicted octanol–water partition coefficient (Wildman–Crippen LogP) is 1.45. The van der Waals surface area contributed by atoms with Crippen molar-refractivity contribution in [3.05, 3.63) is 11.7 Å². The van der Waals surface area contributed by atoms with Crippen LogP contribution in [0.5, 0.6) is 0 Å². The quantitative estimate of drug-likeness (QED) is 0.516. The van der Waals surface area contributed by atoms with Gasteiger partial charge in [-0.1, -0.05) is 32.9 Å². The molecule has 0 radical (unpaired) electrons. The van der Waals surface area contributed by atoms with E-state index in [-0.39, 0.29) is 23.6 Å². The number of aliphatic hydroxyl groups excluding tert-OH is 1. The number of rotatable bonds is 9. The zero-order chi connectivity index (χ0) is 20.0. The van der Waals surface area contributed by atoms with Crippen molar-refractivity contribution in [2.45, 2.75) is 72.2 Å². The van der Waals surface area contributed by atoms with Crippen molar-refractivity contribution in [1.82, 2.24) is 20.8 Å². The average molecular weight is 369 g/mol. The third kappa shape index (κ3) is 6.38. The zero-order valence-corrected chi connectivity index (χ0v) is 16.3. The summed E-state index contributed by atoms with van der Waals surface area (Å²) in [6.07, 6.45) is -0.284. The van der Waals surface area contributed by atoms with Gasteiger partial charge in [0.1, 0.15) is 12.1 Å². The van der Waals surface area contributed by atoms with E-state index in [1.807, 2.05) is 13.8 Å². The first-order valence-corrected chi connectivity index (χ1v) is 8.87. The Labute approximate surface area is 154 Å². The number of amides is 2. The highest BCUT2D eigenvalue weighted by Crippen LogP contribution is 2.23. The SMILES string of the molecule is CC(=O)[C@@H](NC(=O)N[C@H](c1nc([C@@H](N)CC(C)C)no1)C(C)C)C(C)O. The van der Waals surface area contributed by atoms with Gasteiger partial charge in [0, 0.05) is 0 Å². The summed E-state index contributed by atoms with van der Waals surface area (Å²) in [5.74, 6) is 0.655. The van der Waals surface area contributed by atoms with Crippen LogP contribution in [0.3, 0.4) is 0 Å². The molecular weight excluding hydrogens is 338 g/mol. The Balaban J connectivity index is 2.85. The number of Topliss-reactive ketones (excluding diaryl/α,β-unsaturated/α-hetero) is 1. The highest BCUT2D eigenvalue weighted by atomic mass is 16.5. The molecule has 0 aliphatic carbocycles. The van der Waals surface area contributed by atoms with E-state index in [1.165, 1.54) is 13.8 Å². The Hall–Kier alpha value is -2.00. The molecule has 9 nitrogen and oxygen atoms in total. The monoisotopic (exact) mass is 369 g/mol. The van der Waals surface area contributed by atoms with Gasteiger partial charge in [-0.15, -0.1) is 0 Å². The van der Waals surface area contributed by atoms with Crippen molar-refractivity contribution >= 4 is 11.8 Å². The number of carbonyl (C=O) groups excluding carboxylic acids is 2. The van der Waals surface area contributed by atoms with Crippen molar-refractivity contribution in [3.63, 3.8) is 0 Å². The summed E-state index contributed by atoms with van der Waals surface area (Å²) in [6, 6.07) is -2.48. The number of carbonyl (C=O) groups is 2. The van der Waals surface area contributed by atoms with Crippen molar-refractivity contribution in [3.8, 4) is 0 Å². The van der Waals surface area contributed by atoms with E-state index in [2.05, 4.69) is 34.6 Å². The van der Waals surface area contributed by atoms with Gasteiger partial charge in [0.15, 0.2) is 11.6 Å². The number of nitrogens with zero attached hydrogens (tertiary/aromatic N) is 2. The van der Waals surface area contributed by atoms with Gasteiger partial charge in [-0.25, -0.2) is 4.79 Å². The molecule has 0 saturated carbocycles. The maximum Gasteiger partial charge on any atom is 0.316 e. The van der Waals surface area contributed by atoms with E-state index < -0.39 is 24.2 Å². The lowest BCUT2D eigenvalue weighted by atomic mass is 10.0. The maximum absolute atomic E-state index is 12.2. The molecule has 0 aromatic carbocycles. The number of aromatic nitrogens is 2. The molecule has 1 unspecified atom stereocenters. The molecule has 2 amide bonds. The van der Waals surface area contributed by atoms with Gasteiger partial charge in [-0.05, 0) is 32.1 Å². The third-order valence-electron chi connectivity index (χ3n) is 3.94. The topological polar surface area (TPSA) is 143 Å². The zero-order valence-electron chi connectivity index (χ0n) is 16.3. The molecule has 0 saturated heterocycles. The van der Waals surface area contributed by atoms with E-state index in [9.17, 15) is 14.7 Å². The predicted molar refractivity (Wildman–Crippen MR) is 96.1 cm³/mol. The number of hydrogen-bond donors (Lipinski definition) is 4. The lowest BCUT2D eigenvalue weighted by Gasteiger charge is -2.23. The fraction of sp³-hybridized carbons (Fsp3) is 0.765. The minimum Gasteiger partial charge on any atom is -0.391 e. The van der Waals surface area contributed by atoms with Gasteiger partial charge < -0.3 is 26.0 Å². The third-order valence-corrected chi connectivity index (χ3v) is 3.94. The lowest BCUT2D eigenvalue weighted by Crippen LogP contribution is -2.51.